The molecular weight excluding hydrogens is 369 g/mol. The second-order valence-corrected chi connectivity index (χ2v) is 7.96. The first-order chi connectivity index (χ1) is 14.0. The SMILES string of the molecule is CCCNC(=O)N1CC[C@@H]2[C@H]1c1cc(-c3ccc(F)cc3)ccc1N(C)[C@@H]2CO. The van der Waals surface area contributed by atoms with E-state index in [9.17, 15) is 14.3 Å². The van der Waals surface area contributed by atoms with Crippen LogP contribution in [-0.4, -0.2) is 48.8 Å². The van der Waals surface area contributed by atoms with Gasteiger partial charge in [0.15, 0.2) is 0 Å². The zero-order chi connectivity index (χ0) is 20.5. The maximum atomic E-state index is 13.3. The normalized spacial score (nSPS) is 23.0. The molecule has 2 N–H and O–H groups in total. The summed E-state index contributed by atoms with van der Waals surface area (Å²) >= 11 is 0. The van der Waals surface area contributed by atoms with Gasteiger partial charge in [0, 0.05) is 31.7 Å². The molecule has 0 unspecified atom stereocenters. The summed E-state index contributed by atoms with van der Waals surface area (Å²) in [7, 11) is 2.01. The topological polar surface area (TPSA) is 55.8 Å². The lowest BCUT2D eigenvalue weighted by molar-refractivity contribution is 0.161. The molecule has 2 aliphatic rings. The molecular formula is C23H28FN3O2. The van der Waals surface area contributed by atoms with Crippen LogP contribution >= 0.6 is 0 Å². The van der Waals surface area contributed by atoms with Crippen molar-refractivity contribution in [3.8, 4) is 11.1 Å². The molecule has 0 radical (unpaired) electrons. The van der Waals surface area contributed by atoms with Gasteiger partial charge in [0.1, 0.15) is 5.82 Å². The van der Waals surface area contributed by atoms with E-state index < -0.39 is 0 Å². The highest BCUT2D eigenvalue weighted by atomic mass is 19.1. The van der Waals surface area contributed by atoms with E-state index in [0.717, 1.165) is 35.2 Å². The summed E-state index contributed by atoms with van der Waals surface area (Å²) in [5.41, 5.74) is 4.07. The van der Waals surface area contributed by atoms with Gasteiger partial charge in [-0.25, -0.2) is 9.18 Å². The van der Waals surface area contributed by atoms with E-state index in [2.05, 4.69) is 16.3 Å². The minimum Gasteiger partial charge on any atom is -0.394 e. The molecule has 5 nitrogen and oxygen atoms in total. The van der Waals surface area contributed by atoms with Gasteiger partial charge in [-0.1, -0.05) is 25.1 Å². The third kappa shape index (κ3) is 3.46. The minimum atomic E-state index is -0.258. The zero-order valence-corrected chi connectivity index (χ0v) is 16.9. The van der Waals surface area contributed by atoms with Crippen molar-refractivity contribution in [3.63, 3.8) is 0 Å². The fourth-order valence-electron chi connectivity index (χ4n) is 4.84. The number of rotatable bonds is 4. The quantitative estimate of drug-likeness (QED) is 0.825. The fourth-order valence-corrected chi connectivity index (χ4v) is 4.84. The predicted octanol–water partition coefficient (Wildman–Crippen LogP) is 3.79. The van der Waals surface area contributed by atoms with Crippen molar-refractivity contribution < 1.29 is 14.3 Å². The van der Waals surface area contributed by atoms with Gasteiger partial charge in [0.2, 0.25) is 0 Å². The van der Waals surface area contributed by atoms with Crippen molar-refractivity contribution in [1.29, 1.82) is 0 Å². The molecule has 0 aliphatic carbocycles. The lowest BCUT2D eigenvalue weighted by Gasteiger charge is -2.44. The van der Waals surface area contributed by atoms with Crippen LogP contribution in [0.5, 0.6) is 0 Å². The van der Waals surface area contributed by atoms with E-state index in [0.29, 0.717) is 13.1 Å². The second-order valence-electron chi connectivity index (χ2n) is 7.96. The van der Waals surface area contributed by atoms with E-state index in [1.165, 1.54) is 12.1 Å². The van der Waals surface area contributed by atoms with E-state index >= 15 is 0 Å². The molecule has 2 heterocycles. The Kier molecular flexibility index (Phi) is 5.46. The van der Waals surface area contributed by atoms with Crippen LogP contribution in [0.2, 0.25) is 0 Å². The molecule has 2 aliphatic heterocycles. The number of carbonyl (C=O) groups is 1. The maximum Gasteiger partial charge on any atom is 0.317 e. The van der Waals surface area contributed by atoms with Crippen LogP contribution in [0, 0.1) is 11.7 Å². The van der Waals surface area contributed by atoms with Crippen molar-refractivity contribution >= 4 is 11.7 Å². The predicted molar refractivity (Wildman–Crippen MR) is 112 cm³/mol. The van der Waals surface area contributed by atoms with Crippen LogP contribution in [-0.2, 0) is 0 Å². The van der Waals surface area contributed by atoms with Gasteiger partial charge < -0.3 is 20.2 Å². The van der Waals surface area contributed by atoms with E-state index in [1.54, 1.807) is 12.1 Å². The first kappa shape index (κ1) is 19.7. The number of aliphatic hydroxyl groups is 1. The summed E-state index contributed by atoms with van der Waals surface area (Å²) in [5, 5.41) is 13.1. The number of aliphatic hydroxyl groups excluding tert-OH is 1. The number of halogens is 1. The molecule has 6 heteroatoms. The second kappa shape index (κ2) is 8.03. The van der Waals surface area contributed by atoms with Crippen LogP contribution in [0.15, 0.2) is 42.5 Å². The van der Waals surface area contributed by atoms with Crippen LogP contribution in [0.4, 0.5) is 14.9 Å². The number of amides is 2. The Morgan fingerprint density at radius 1 is 1.21 bits per heavy atom. The Labute approximate surface area is 171 Å². The van der Waals surface area contributed by atoms with Crippen LogP contribution in [0.25, 0.3) is 11.1 Å². The number of carbonyl (C=O) groups excluding carboxylic acids is 1. The fraction of sp³-hybridized carbons (Fsp3) is 0.435. The number of hydrogen-bond donors (Lipinski definition) is 2. The number of benzene rings is 2. The smallest absolute Gasteiger partial charge is 0.317 e. The molecule has 2 amide bonds. The molecule has 154 valence electrons. The summed E-state index contributed by atoms with van der Waals surface area (Å²) in [6, 6.07) is 12.5. The highest BCUT2D eigenvalue weighted by Gasteiger charge is 2.47. The van der Waals surface area contributed by atoms with Gasteiger partial charge in [-0.15, -0.1) is 0 Å². The van der Waals surface area contributed by atoms with Crippen molar-refractivity contribution in [2.75, 3.05) is 31.6 Å². The standard InChI is InChI=1S/C23H28FN3O2/c1-3-11-25-23(29)27-12-10-18-21(14-28)26(2)20-9-6-16(13-19(20)22(18)27)15-4-7-17(24)8-5-15/h4-9,13,18,21-22,28H,3,10-12,14H2,1-2H3,(H,25,29)/t18-,21+,22-/m0/s1. The number of fused-ring (bicyclic) bond motifs is 3. The molecule has 0 aromatic heterocycles. The summed E-state index contributed by atoms with van der Waals surface area (Å²) in [6.45, 7) is 3.42. The van der Waals surface area contributed by atoms with Gasteiger partial charge in [0.05, 0.1) is 18.7 Å². The molecule has 1 saturated heterocycles. The monoisotopic (exact) mass is 397 g/mol. The molecule has 29 heavy (non-hydrogen) atoms. The number of likely N-dealkylation sites (tertiary alicyclic amines) is 1. The lowest BCUT2D eigenvalue weighted by atomic mass is 9.81. The number of hydrogen-bond acceptors (Lipinski definition) is 3. The summed E-state index contributed by atoms with van der Waals surface area (Å²) in [6.07, 6.45) is 1.75. The molecule has 0 saturated carbocycles. The van der Waals surface area contributed by atoms with Gasteiger partial charge in [0.25, 0.3) is 0 Å². The van der Waals surface area contributed by atoms with Gasteiger partial charge >= 0.3 is 6.03 Å². The molecule has 3 atom stereocenters. The van der Waals surface area contributed by atoms with E-state index in [1.807, 2.05) is 31.0 Å². The first-order valence-electron chi connectivity index (χ1n) is 10.3. The summed E-state index contributed by atoms with van der Waals surface area (Å²) < 4.78 is 13.3. The Hall–Kier alpha value is -2.60. The summed E-state index contributed by atoms with van der Waals surface area (Å²) in [4.78, 5) is 16.9. The highest BCUT2D eigenvalue weighted by Crippen LogP contribution is 2.49. The number of urea groups is 1. The molecule has 4 rings (SSSR count). The Balaban J connectivity index is 1.76. The lowest BCUT2D eigenvalue weighted by Crippen LogP contribution is -2.49. The summed E-state index contributed by atoms with van der Waals surface area (Å²) in [5.74, 6) is -0.0831. The average Bonchev–Trinajstić information content (AvgIpc) is 3.18. The van der Waals surface area contributed by atoms with Crippen molar-refractivity contribution in [2.24, 2.45) is 5.92 Å². The number of nitrogens with one attached hydrogen (secondary N) is 1. The molecule has 2 aromatic carbocycles. The third-order valence-electron chi connectivity index (χ3n) is 6.31. The van der Waals surface area contributed by atoms with Crippen molar-refractivity contribution in [3.05, 3.63) is 53.8 Å². The Morgan fingerprint density at radius 2 is 1.93 bits per heavy atom. The highest BCUT2D eigenvalue weighted by molar-refractivity contribution is 5.77. The van der Waals surface area contributed by atoms with Crippen molar-refractivity contribution in [2.45, 2.75) is 31.8 Å². The van der Waals surface area contributed by atoms with Crippen molar-refractivity contribution in [1.82, 2.24) is 10.2 Å². The molecule has 1 fully saturated rings. The molecule has 0 spiro atoms. The average molecular weight is 397 g/mol. The number of nitrogens with zero attached hydrogens (tertiary/aromatic N) is 2. The Bertz CT molecular complexity index is 886. The van der Waals surface area contributed by atoms with Gasteiger partial charge in [-0.05, 0) is 53.8 Å². The van der Waals surface area contributed by atoms with Crippen LogP contribution in [0.3, 0.4) is 0 Å². The maximum absolute atomic E-state index is 13.3. The van der Waals surface area contributed by atoms with E-state index in [-0.39, 0.29) is 36.5 Å². The third-order valence-corrected chi connectivity index (χ3v) is 6.31. The zero-order valence-electron chi connectivity index (χ0n) is 16.9. The van der Waals surface area contributed by atoms with Crippen LogP contribution in [0.1, 0.15) is 31.4 Å². The molecule has 0 bridgehead atoms. The number of likely N-dealkylation sites (N-methyl/N-ethyl adjacent to an activating group) is 1. The van der Waals surface area contributed by atoms with Crippen LogP contribution < -0.4 is 10.2 Å². The first-order valence-corrected chi connectivity index (χ1v) is 10.3. The van der Waals surface area contributed by atoms with Gasteiger partial charge in [-0.2, -0.15) is 0 Å². The van der Waals surface area contributed by atoms with E-state index in [4.69, 9.17) is 0 Å². The van der Waals surface area contributed by atoms with Gasteiger partial charge in [-0.3, -0.25) is 0 Å². The Morgan fingerprint density at radius 3 is 2.62 bits per heavy atom. The molecule has 2 aromatic rings. The largest absolute Gasteiger partial charge is 0.394 e. The number of anilines is 1. The minimum absolute atomic E-state index is 0.0202.